The summed E-state index contributed by atoms with van der Waals surface area (Å²) in [6.45, 7) is 2.22. The van der Waals surface area contributed by atoms with Crippen LogP contribution in [-0.2, 0) is 25.7 Å². The first kappa shape index (κ1) is 31.4. The number of ether oxygens (including phenoxy) is 2. The van der Waals surface area contributed by atoms with Crippen LogP contribution in [0, 0.1) is 5.82 Å². The zero-order valence-electron chi connectivity index (χ0n) is 25.7. The van der Waals surface area contributed by atoms with E-state index < -0.39 is 41.9 Å². The Labute approximate surface area is 271 Å². The quantitative estimate of drug-likeness (QED) is 0.254. The molecule has 2 heterocycles. The van der Waals surface area contributed by atoms with Gasteiger partial charge in [-0.25, -0.2) is 4.39 Å². The molecule has 47 heavy (non-hydrogen) atoms. The van der Waals surface area contributed by atoms with Gasteiger partial charge < -0.3 is 24.6 Å². The highest BCUT2D eigenvalue weighted by Crippen LogP contribution is 2.32. The largest absolute Gasteiger partial charge is 0.497 e. The zero-order chi connectivity index (χ0) is 32.9. The number of carbonyl (C=O) groups is 4. The molecule has 2 aliphatic rings. The number of methoxy groups -OCH3 is 1. The third-order valence-electron chi connectivity index (χ3n) is 8.24. The fourth-order valence-corrected chi connectivity index (χ4v) is 5.81. The van der Waals surface area contributed by atoms with Gasteiger partial charge in [-0.15, -0.1) is 0 Å². The third-order valence-corrected chi connectivity index (χ3v) is 8.24. The predicted octanol–water partition coefficient (Wildman–Crippen LogP) is 4.61. The minimum Gasteiger partial charge on any atom is -0.497 e. The molecule has 0 spiro atoms. The van der Waals surface area contributed by atoms with Crippen LogP contribution < -0.4 is 19.9 Å². The fraction of sp³-hybridized carbons (Fsp3) is 0.222. The molecule has 4 aromatic carbocycles. The number of hydrogen-bond acceptors (Lipinski definition) is 7. The molecule has 240 valence electrons. The zero-order valence-corrected chi connectivity index (χ0v) is 25.7. The molecule has 10 nitrogen and oxygen atoms in total. The molecule has 1 N–H and O–H groups in total. The van der Waals surface area contributed by atoms with Crippen molar-refractivity contribution < 1.29 is 33.0 Å². The van der Waals surface area contributed by atoms with Crippen molar-refractivity contribution in [1.29, 1.82) is 0 Å². The van der Waals surface area contributed by atoms with E-state index >= 15 is 0 Å². The fourth-order valence-electron chi connectivity index (χ4n) is 5.81. The number of nitrogens with zero attached hydrogens (tertiary/aromatic N) is 3. The molecule has 0 aliphatic carbocycles. The normalized spacial score (nSPS) is 14.9. The lowest BCUT2D eigenvalue weighted by Crippen LogP contribution is -2.46. The van der Waals surface area contributed by atoms with Gasteiger partial charge in [0.2, 0.25) is 5.91 Å². The number of Topliss-reactive ketones (excluding diaryl/α,β-unsaturated/α-hetero) is 1. The Balaban J connectivity index is 1.35. The van der Waals surface area contributed by atoms with Gasteiger partial charge in [-0.05, 0) is 71.8 Å². The molecule has 1 unspecified atom stereocenters. The third kappa shape index (κ3) is 6.85. The minimum atomic E-state index is -1.20. The van der Waals surface area contributed by atoms with Crippen LogP contribution in [0.25, 0.3) is 0 Å². The van der Waals surface area contributed by atoms with E-state index in [1.165, 1.54) is 42.3 Å². The summed E-state index contributed by atoms with van der Waals surface area (Å²) in [6.07, 6.45) is 0. The van der Waals surface area contributed by atoms with E-state index in [2.05, 4.69) is 10.2 Å². The number of halogens is 1. The van der Waals surface area contributed by atoms with Gasteiger partial charge in [-0.3, -0.25) is 24.1 Å². The Morgan fingerprint density at radius 2 is 1.66 bits per heavy atom. The summed E-state index contributed by atoms with van der Waals surface area (Å²) in [7, 11) is 1.50. The van der Waals surface area contributed by atoms with Crippen molar-refractivity contribution in [2.24, 2.45) is 0 Å². The molecular weight excluding hydrogens is 603 g/mol. The first-order chi connectivity index (χ1) is 22.8. The number of ketones is 1. The number of amides is 3. The average molecular weight is 637 g/mol. The summed E-state index contributed by atoms with van der Waals surface area (Å²) >= 11 is 0. The highest BCUT2D eigenvalue weighted by Gasteiger charge is 2.39. The molecule has 1 saturated heterocycles. The van der Waals surface area contributed by atoms with Crippen molar-refractivity contribution in [3.05, 3.63) is 120 Å². The first-order valence-corrected chi connectivity index (χ1v) is 15.2. The van der Waals surface area contributed by atoms with Crippen LogP contribution in [0.15, 0.2) is 97.1 Å². The number of carbonyl (C=O) groups excluding carboxylic acids is 4. The second-order valence-corrected chi connectivity index (χ2v) is 11.2. The first-order valence-electron chi connectivity index (χ1n) is 15.2. The highest BCUT2D eigenvalue weighted by atomic mass is 19.1. The minimum absolute atomic E-state index is 0.0952. The van der Waals surface area contributed by atoms with Crippen molar-refractivity contribution in [2.45, 2.75) is 12.6 Å². The SMILES string of the molecule is COc1cccc(C(C(=O)Nc2ccc(N3CCOCC3)cc2)N(Cc2ccc(F)cc2)C(=O)CN2C(=O)C(=O)c3ccccc32)c1. The number of nitrogens with one attached hydrogen (secondary N) is 1. The maximum Gasteiger partial charge on any atom is 0.299 e. The lowest BCUT2D eigenvalue weighted by molar-refractivity contribution is -0.139. The van der Waals surface area contributed by atoms with Crippen molar-refractivity contribution in [2.75, 3.05) is 55.1 Å². The molecule has 4 aromatic rings. The Morgan fingerprint density at radius 1 is 0.936 bits per heavy atom. The molecular formula is C36H33FN4O6. The number of hydrogen-bond donors (Lipinski definition) is 1. The molecule has 0 aromatic heterocycles. The van der Waals surface area contributed by atoms with E-state index in [1.807, 2.05) is 12.1 Å². The van der Waals surface area contributed by atoms with E-state index in [-0.39, 0.29) is 12.1 Å². The maximum absolute atomic E-state index is 14.3. The Bertz CT molecular complexity index is 1790. The van der Waals surface area contributed by atoms with Gasteiger partial charge in [0.25, 0.3) is 17.6 Å². The van der Waals surface area contributed by atoms with Gasteiger partial charge in [0.15, 0.2) is 0 Å². The summed E-state index contributed by atoms with van der Waals surface area (Å²) in [4.78, 5) is 58.9. The summed E-state index contributed by atoms with van der Waals surface area (Å²) < 4.78 is 24.7. The van der Waals surface area contributed by atoms with E-state index in [0.29, 0.717) is 41.5 Å². The van der Waals surface area contributed by atoms with Crippen molar-refractivity contribution in [3.63, 3.8) is 0 Å². The molecule has 0 radical (unpaired) electrons. The van der Waals surface area contributed by atoms with E-state index in [4.69, 9.17) is 9.47 Å². The topological polar surface area (TPSA) is 108 Å². The molecule has 3 amide bonds. The van der Waals surface area contributed by atoms with Gasteiger partial charge in [0.1, 0.15) is 24.2 Å². The lowest BCUT2D eigenvalue weighted by Gasteiger charge is -2.33. The number of anilines is 3. The van der Waals surface area contributed by atoms with Crippen molar-refractivity contribution in [1.82, 2.24) is 4.90 Å². The molecule has 0 saturated carbocycles. The Kier molecular flexibility index (Phi) is 9.25. The summed E-state index contributed by atoms with van der Waals surface area (Å²) in [5.41, 5.74) is 3.04. The molecule has 11 heteroatoms. The second kappa shape index (κ2) is 13.8. The molecule has 1 fully saturated rings. The van der Waals surface area contributed by atoms with Crippen LogP contribution in [-0.4, -0.2) is 68.4 Å². The lowest BCUT2D eigenvalue weighted by atomic mass is 10.0. The second-order valence-electron chi connectivity index (χ2n) is 11.2. The van der Waals surface area contributed by atoms with Crippen LogP contribution in [0.3, 0.4) is 0 Å². The van der Waals surface area contributed by atoms with Gasteiger partial charge in [-0.2, -0.15) is 0 Å². The van der Waals surface area contributed by atoms with Gasteiger partial charge in [-0.1, -0.05) is 36.4 Å². The van der Waals surface area contributed by atoms with Gasteiger partial charge >= 0.3 is 0 Å². The number of benzene rings is 4. The van der Waals surface area contributed by atoms with Gasteiger partial charge in [0.05, 0.1) is 31.6 Å². The van der Waals surface area contributed by atoms with Crippen molar-refractivity contribution >= 4 is 40.6 Å². The van der Waals surface area contributed by atoms with Crippen LogP contribution in [0.4, 0.5) is 21.5 Å². The van der Waals surface area contributed by atoms with Gasteiger partial charge in [0, 0.05) is 31.0 Å². The van der Waals surface area contributed by atoms with Crippen LogP contribution >= 0.6 is 0 Å². The summed E-state index contributed by atoms with van der Waals surface area (Å²) in [6, 6.07) is 25.1. The smallest absolute Gasteiger partial charge is 0.299 e. The predicted molar refractivity (Wildman–Crippen MR) is 174 cm³/mol. The highest BCUT2D eigenvalue weighted by molar-refractivity contribution is 6.52. The van der Waals surface area contributed by atoms with Crippen LogP contribution in [0.5, 0.6) is 5.75 Å². The summed E-state index contributed by atoms with van der Waals surface area (Å²) in [5.74, 6) is -2.63. The molecule has 1 atom stereocenters. The van der Waals surface area contributed by atoms with E-state index in [1.54, 1.807) is 54.6 Å². The van der Waals surface area contributed by atoms with E-state index in [9.17, 15) is 23.6 Å². The Morgan fingerprint density at radius 3 is 2.38 bits per heavy atom. The summed E-state index contributed by atoms with van der Waals surface area (Å²) in [5, 5.41) is 2.95. The Hall–Kier alpha value is -5.55. The van der Waals surface area contributed by atoms with E-state index in [0.717, 1.165) is 23.7 Å². The maximum atomic E-state index is 14.3. The number of fused-ring (bicyclic) bond motifs is 1. The standard InChI is InChI=1S/C36H33FN4O6/c1-46-29-6-4-5-25(21-29)33(35(44)38-27-13-15-28(16-14-27)39-17-19-47-20-18-39)41(22-24-9-11-26(37)12-10-24)32(42)23-40-31-8-3-2-7-30(31)34(43)36(40)45/h2-16,21,33H,17-20,22-23H2,1H3,(H,38,44). The molecule has 0 bridgehead atoms. The molecule has 2 aliphatic heterocycles. The van der Waals surface area contributed by atoms with Crippen LogP contribution in [0.1, 0.15) is 27.5 Å². The number of rotatable bonds is 10. The van der Waals surface area contributed by atoms with Crippen molar-refractivity contribution in [3.8, 4) is 5.75 Å². The average Bonchev–Trinajstić information content (AvgIpc) is 3.34. The monoisotopic (exact) mass is 636 g/mol. The number of morpholine rings is 1. The van der Waals surface area contributed by atoms with Crippen LogP contribution in [0.2, 0.25) is 0 Å². The number of para-hydroxylation sites is 1. The molecule has 6 rings (SSSR count).